The normalized spacial score (nSPS) is 14.2. The second-order valence-corrected chi connectivity index (χ2v) is 10.00. The summed E-state index contributed by atoms with van der Waals surface area (Å²) >= 11 is 3.07. The van der Waals surface area contributed by atoms with Crippen LogP contribution in [0.2, 0.25) is 0 Å². The number of benzene rings is 1. The van der Waals surface area contributed by atoms with Crippen molar-refractivity contribution in [2.24, 2.45) is 0 Å². The lowest BCUT2D eigenvalue weighted by Crippen LogP contribution is -2.21. The summed E-state index contributed by atoms with van der Waals surface area (Å²) in [6.45, 7) is 3.96. The summed E-state index contributed by atoms with van der Waals surface area (Å²) in [5.41, 5.74) is 5.14. The Kier molecular flexibility index (Phi) is 6.56. The Morgan fingerprint density at radius 3 is 2.71 bits per heavy atom. The fourth-order valence-electron chi connectivity index (χ4n) is 4.22. The standard InChI is InChI=1S/C25H24FN7S2/c1-4-19-24(31(2)25-30-23(21(13-27)35-25)17-5-7-18(26)8-6-17)33-15-20(28-14-22(33)29-19)16-9-11-32(34-3)12-10-16/h5-9,14-15H,4,10-12H2,1-3H3. The number of halogens is 1. The minimum atomic E-state index is -0.322. The Morgan fingerprint density at radius 1 is 1.26 bits per heavy atom. The van der Waals surface area contributed by atoms with Crippen LogP contribution in [0.15, 0.2) is 42.7 Å². The van der Waals surface area contributed by atoms with Gasteiger partial charge in [-0.15, -0.1) is 0 Å². The average molecular weight is 506 g/mol. The molecule has 0 atom stereocenters. The number of rotatable bonds is 6. The number of fused-ring (bicyclic) bond motifs is 1. The number of hydrogen-bond donors (Lipinski definition) is 0. The van der Waals surface area contributed by atoms with Crippen LogP contribution in [-0.4, -0.2) is 50.1 Å². The van der Waals surface area contributed by atoms with E-state index in [4.69, 9.17) is 15.0 Å². The van der Waals surface area contributed by atoms with E-state index in [-0.39, 0.29) is 5.82 Å². The van der Waals surface area contributed by atoms with Crippen LogP contribution in [0.1, 0.15) is 29.6 Å². The van der Waals surface area contributed by atoms with Gasteiger partial charge in [-0.2, -0.15) is 5.26 Å². The number of aryl methyl sites for hydroxylation is 1. The van der Waals surface area contributed by atoms with Gasteiger partial charge < -0.3 is 4.90 Å². The number of anilines is 2. The SMILES string of the molecule is CCc1nc2cnc(C3=CCN(SC)CC3)cn2c1N(C)c1nc(-c2ccc(F)cc2)c(C#N)s1. The molecule has 0 aliphatic carbocycles. The first-order chi connectivity index (χ1) is 17.0. The Morgan fingerprint density at radius 2 is 2.06 bits per heavy atom. The zero-order valence-electron chi connectivity index (χ0n) is 19.7. The van der Waals surface area contributed by atoms with Gasteiger partial charge >= 0.3 is 0 Å². The number of aromatic nitrogens is 4. The molecule has 178 valence electrons. The molecule has 4 aromatic rings. The summed E-state index contributed by atoms with van der Waals surface area (Å²) in [4.78, 5) is 16.7. The average Bonchev–Trinajstić information content (AvgIpc) is 3.50. The van der Waals surface area contributed by atoms with Gasteiger partial charge in [-0.1, -0.05) is 36.3 Å². The van der Waals surface area contributed by atoms with Crippen molar-refractivity contribution in [1.29, 1.82) is 5.26 Å². The number of nitrogens with zero attached hydrogens (tertiary/aromatic N) is 7. The Labute approximate surface area is 211 Å². The van der Waals surface area contributed by atoms with Crippen molar-refractivity contribution in [3.05, 3.63) is 64.8 Å². The molecule has 0 unspecified atom stereocenters. The van der Waals surface area contributed by atoms with Crippen LogP contribution >= 0.6 is 23.3 Å². The maximum absolute atomic E-state index is 13.4. The van der Waals surface area contributed by atoms with Gasteiger partial charge in [0.2, 0.25) is 0 Å². The third-order valence-electron chi connectivity index (χ3n) is 6.09. The zero-order valence-corrected chi connectivity index (χ0v) is 21.3. The molecule has 5 rings (SSSR count). The van der Waals surface area contributed by atoms with Gasteiger partial charge in [-0.3, -0.25) is 9.38 Å². The predicted octanol–water partition coefficient (Wildman–Crippen LogP) is 5.56. The van der Waals surface area contributed by atoms with Crippen molar-refractivity contribution in [2.75, 3.05) is 31.3 Å². The molecule has 1 aromatic carbocycles. The first-order valence-corrected chi connectivity index (χ1v) is 13.3. The van der Waals surface area contributed by atoms with E-state index in [0.29, 0.717) is 21.3 Å². The molecule has 0 amide bonds. The van der Waals surface area contributed by atoms with E-state index >= 15 is 0 Å². The van der Waals surface area contributed by atoms with Gasteiger partial charge in [0, 0.05) is 31.9 Å². The van der Waals surface area contributed by atoms with Gasteiger partial charge in [0.05, 0.1) is 17.6 Å². The number of nitriles is 1. The van der Waals surface area contributed by atoms with E-state index < -0.39 is 0 Å². The molecule has 0 bridgehead atoms. The lowest BCUT2D eigenvalue weighted by Gasteiger charge is -2.23. The number of imidazole rings is 1. The summed E-state index contributed by atoms with van der Waals surface area (Å²) in [7, 11) is 1.94. The van der Waals surface area contributed by atoms with Crippen LogP contribution in [0.4, 0.5) is 15.3 Å². The van der Waals surface area contributed by atoms with E-state index in [2.05, 4.69) is 34.0 Å². The number of thiazole rings is 1. The molecule has 0 saturated carbocycles. The zero-order chi connectivity index (χ0) is 24.5. The smallest absolute Gasteiger partial charge is 0.192 e. The minimum absolute atomic E-state index is 0.322. The Hall–Kier alpha value is -3.26. The highest BCUT2D eigenvalue weighted by Gasteiger charge is 2.23. The van der Waals surface area contributed by atoms with Crippen molar-refractivity contribution in [3.8, 4) is 17.3 Å². The first-order valence-electron chi connectivity index (χ1n) is 11.3. The molecule has 0 N–H and O–H groups in total. The molecule has 0 fully saturated rings. The molecule has 0 spiro atoms. The summed E-state index contributed by atoms with van der Waals surface area (Å²) in [5, 5.41) is 10.4. The van der Waals surface area contributed by atoms with Gasteiger partial charge in [0.25, 0.3) is 0 Å². The molecule has 4 heterocycles. The Bertz CT molecular complexity index is 1450. The molecule has 10 heteroatoms. The van der Waals surface area contributed by atoms with Crippen LogP contribution in [0, 0.1) is 17.1 Å². The highest BCUT2D eigenvalue weighted by molar-refractivity contribution is 7.96. The largest absolute Gasteiger partial charge is 0.305 e. The molecule has 0 saturated heterocycles. The van der Waals surface area contributed by atoms with E-state index in [1.54, 1.807) is 24.1 Å². The maximum atomic E-state index is 13.4. The predicted molar refractivity (Wildman–Crippen MR) is 140 cm³/mol. The third kappa shape index (κ3) is 4.43. The van der Waals surface area contributed by atoms with E-state index in [9.17, 15) is 9.65 Å². The quantitative estimate of drug-likeness (QED) is 0.318. The monoisotopic (exact) mass is 505 g/mol. The molecule has 0 radical (unpaired) electrons. The lowest BCUT2D eigenvalue weighted by atomic mass is 10.1. The van der Waals surface area contributed by atoms with Crippen LogP contribution in [-0.2, 0) is 6.42 Å². The fourth-order valence-corrected chi connectivity index (χ4v) is 5.57. The van der Waals surface area contributed by atoms with Gasteiger partial charge in [0.15, 0.2) is 10.8 Å². The van der Waals surface area contributed by atoms with Crippen molar-refractivity contribution < 1.29 is 4.39 Å². The van der Waals surface area contributed by atoms with Crippen molar-refractivity contribution in [2.45, 2.75) is 19.8 Å². The minimum Gasteiger partial charge on any atom is -0.305 e. The lowest BCUT2D eigenvalue weighted by molar-refractivity contribution is 0.517. The van der Waals surface area contributed by atoms with Crippen LogP contribution in [0.5, 0.6) is 0 Å². The number of hydrogen-bond acceptors (Lipinski definition) is 8. The van der Waals surface area contributed by atoms with E-state index in [0.717, 1.165) is 48.8 Å². The molecule has 1 aliphatic heterocycles. The molecular weight excluding hydrogens is 481 g/mol. The fraction of sp³-hybridized carbons (Fsp3) is 0.280. The Balaban J connectivity index is 1.57. The summed E-state index contributed by atoms with van der Waals surface area (Å²) in [6.07, 6.45) is 9.89. The second-order valence-electron chi connectivity index (χ2n) is 8.14. The maximum Gasteiger partial charge on any atom is 0.192 e. The molecule has 1 aliphatic rings. The van der Waals surface area contributed by atoms with Crippen molar-refractivity contribution >= 4 is 45.5 Å². The molecule has 7 nitrogen and oxygen atoms in total. The van der Waals surface area contributed by atoms with Crippen molar-refractivity contribution in [1.82, 2.24) is 23.7 Å². The summed E-state index contributed by atoms with van der Waals surface area (Å²) < 4.78 is 17.8. The first kappa shape index (κ1) is 23.5. The summed E-state index contributed by atoms with van der Waals surface area (Å²) in [5.74, 6) is 0.578. The highest BCUT2D eigenvalue weighted by atomic mass is 32.2. The third-order valence-corrected chi connectivity index (χ3v) is 7.97. The van der Waals surface area contributed by atoms with E-state index in [1.165, 1.54) is 29.0 Å². The van der Waals surface area contributed by atoms with Gasteiger partial charge in [-0.25, -0.2) is 18.7 Å². The second kappa shape index (κ2) is 9.77. The molecule has 35 heavy (non-hydrogen) atoms. The van der Waals surface area contributed by atoms with E-state index in [1.807, 2.05) is 24.3 Å². The summed E-state index contributed by atoms with van der Waals surface area (Å²) in [6, 6.07) is 8.30. The van der Waals surface area contributed by atoms with Crippen molar-refractivity contribution in [3.63, 3.8) is 0 Å². The highest BCUT2D eigenvalue weighted by Crippen LogP contribution is 2.37. The molecular formula is C25H24FN7S2. The molecule has 3 aromatic heterocycles. The van der Waals surface area contributed by atoms with Crippen LogP contribution < -0.4 is 4.90 Å². The topological polar surface area (TPSA) is 73.4 Å². The van der Waals surface area contributed by atoms with Gasteiger partial charge in [0.1, 0.15) is 28.3 Å². The van der Waals surface area contributed by atoms with Gasteiger partial charge in [-0.05, 0) is 48.9 Å². The van der Waals surface area contributed by atoms with Crippen LogP contribution in [0.25, 0.3) is 22.5 Å². The van der Waals surface area contributed by atoms with Crippen LogP contribution in [0.3, 0.4) is 0 Å².